The summed E-state index contributed by atoms with van der Waals surface area (Å²) < 4.78 is 8.75. The molecule has 150 valence electrons. The Labute approximate surface area is 162 Å². The van der Waals surface area contributed by atoms with Gasteiger partial charge in [0, 0.05) is 56.3 Å². The monoisotopic (exact) mass is 374 g/mol. The number of hydrogen-bond donors (Lipinski definition) is 1. The Morgan fingerprint density at radius 3 is 2.96 bits per heavy atom. The Balaban J connectivity index is 1.40. The van der Waals surface area contributed by atoms with Gasteiger partial charge in [0.2, 0.25) is 5.91 Å². The number of aromatic nitrogens is 2. The molecule has 4 heterocycles. The molecule has 3 aliphatic rings. The third kappa shape index (κ3) is 3.31. The molecule has 2 bridgehead atoms. The molecule has 3 saturated heterocycles. The number of ether oxygens (including phenoxy) is 1. The quantitative estimate of drug-likeness (QED) is 0.759. The molecular weight excluding hydrogens is 340 g/mol. The van der Waals surface area contributed by atoms with E-state index in [1.807, 2.05) is 6.20 Å². The van der Waals surface area contributed by atoms with Crippen LogP contribution in [0.25, 0.3) is 0 Å². The summed E-state index contributed by atoms with van der Waals surface area (Å²) >= 11 is 0. The van der Waals surface area contributed by atoms with E-state index in [0.29, 0.717) is 17.9 Å². The van der Waals surface area contributed by atoms with Crippen LogP contribution in [-0.2, 0) is 22.6 Å². The molecule has 1 aromatic heterocycles. The fourth-order valence-electron chi connectivity index (χ4n) is 5.68. The highest BCUT2D eigenvalue weighted by Crippen LogP contribution is 2.54. The van der Waals surface area contributed by atoms with E-state index in [0.717, 1.165) is 64.2 Å². The molecule has 0 aromatic carbocycles. The van der Waals surface area contributed by atoms with Crippen molar-refractivity contribution >= 4 is 5.91 Å². The van der Waals surface area contributed by atoms with Crippen molar-refractivity contribution in [3.8, 4) is 0 Å². The van der Waals surface area contributed by atoms with Crippen LogP contribution < -0.4 is 5.32 Å². The average Bonchev–Trinajstić information content (AvgIpc) is 3.41. The molecule has 0 aliphatic carbocycles. The highest BCUT2D eigenvalue weighted by molar-refractivity contribution is 5.78. The van der Waals surface area contributed by atoms with E-state index in [-0.39, 0.29) is 17.4 Å². The number of nitrogens with one attached hydrogen (secondary N) is 1. The van der Waals surface area contributed by atoms with E-state index in [1.165, 1.54) is 0 Å². The first-order valence-corrected chi connectivity index (χ1v) is 10.8. The van der Waals surface area contributed by atoms with Gasteiger partial charge in [-0.25, -0.2) is 4.98 Å². The molecule has 0 radical (unpaired) electrons. The maximum Gasteiger partial charge on any atom is 0.223 e. The number of imidazole rings is 1. The fraction of sp³-hybridized carbons (Fsp3) is 0.810. The third-order valence-corrected chi connectivity index (χ3v) is 7.23. The summed E-state index contributed by atoms with van der Waals surface area (Å²) in [5, 5.41) is 3.25. The van der Waals surface area contributed by atoms with Gasteiger partial charge in [0.1, 0.15) is 5.82 Å². The van der Waals surface area contributed by atoms with Gasteiger partial charge in [-0.05, 0) is 32.6 Å². The number of aryl methyl sites for hydroxylation is 1. The first-order valence-electron chi connectivity index (χ1n) is 10.8. The second-order valence-corrected chi connectivity index (χ2v) is 8.59. The molecule has 27 heavy (non-hydrogen) atoms. The summed E-state index contributed by atoms with van der Waals surface area (Å²) in [4.78, 5) is 19.5. The topological polar surface area (TPSA) is 59.4 Å². The maximum atomic E-state index is 12.4. The highest BCUT2D eigenvalue weighted by Gasteiger charge is 2.62. The number of hydrogen-bond acceptors (Lipinski definition) is 4. The standard InChI is InChI=1S/C21H34N4O2/c1-4-15(5-2)20(26)23-11-16-17-12-24(13-19-22-9-10-25(19)6-3)14-21(17)8-7-18(16)27-21/h9-10,15-18H,4-8,11-14H2,1-3H3,(H,23,26)/t16-,17+,18+,21+/m0/s1. The number of likely N-dealkylation sites (tertiary alicyclic amines) is 1. The number of rotatable bonds is 8. The van der Waals surface area contributed by atoms with Crippen molar-refractivity contribution < 1.29 is 9.53 Å². The van der Waals surface area contributed by atoms with Gasteiger partial charge in [0.15, 0.2) is 0 Å². The summed E-state index contributed by atoms with van der Waals surface area (Å²) in [6.45, 7) is 11.0. The van der Waals surface area contributed by atoms with E-state index >= 15 is 0 Å². The zero-order chi connectivity index (χ0) is 19.0. The van der Waals surface area contributed by atoms with Crippen molar-refractivity contribution in [3.05, 3.63) is 18.2 Å². The number of carbonyl (C=O) groups excluding carboxylic acids is 1. The van der Waals surface area contributed by atoms with Crippen LogP contribution in [0.3, 0.4) is 0 Å². The molecular formula is C21H34N4O2. The lowest BCUT2D eigenvalue weighted by Gasteiger charge is -2.30. The van der Waals surface area contributed by atoms with E-state index in [1.54, 1.807) is 0 Å². The van der Waals surface area contributed by atoms with Crippen LogP contribution in [0.2, 0.25) is 0 Å². The van der Waals surface area contributed by atoms with E-state index < -0.39 is 0 Å². The zero-order valence-corrected chi connectivity index (χ0v) is 17.0. The minimum atomic E-state index is 0.0125. The van der Waals surface area contributed by atoms with Crippen molar-refractivity contribution in [2.24, 2.45) is 17.8 Å². The SMILES string of the molecule is CCC(CC)C(=O)NC[C@H]1[C@H]2CN(Cc3nccn3CC)C[C@]23CC[C@H]1O3. The largest absolute Gasteiger partial charge is 0.370 e. The van der Waals surface area contributed by atoms with Gasteiger partial charge < -0.3 is 14.6 Å². The number of carbonyl (C=O) groups is 1. The Morgan fingerprint density at radius 1 is 1.41 bits per heavy atom. The molecule has 3 fully saturated rings. The summed E-state index contributed by atoms with van der Waals surface area (Å²) in [5.74, 6) is 2.49. The van der Waals surface area contributed by atoms with Crippen LogP contribution in [-0.4, -0.2) is 51.7 Å². The van der Waals surface area contributed by atoms with Crippen LogP contribution in [0.5, 0.6) is 0 Å². The fourth-order valence-corrected chi connectivity index (χ4v) is 5.68. The minimum Gasteiger partial charge on any atom is -0.370 e. The summed E-state index contributed by atoms with van der Waals surface area (Å²) in [6, 6.07) is 0. The van der Waals surface area contributed by atoms with Crippen molar-refractivity contribution in [2.45, 2.75) is 71.2 Å². The molecule has 3 aliphatic heterocycles. The van der Waals surface area contributed by atoms with E-state index in [2.05, 4.69) is 46.7 Å². The zero-order valence-electron chi connectivity index (χ0n) is 17.0. The summed E-state index contributed by atoms with van der Waals surface area (Å²) in [5.41, 5.74) is 0.0125. The lowest BCUT2D eigenvalue weighted by atomic mass is 9.73. The van der Waals surface area contributed by atoms with Crippen LogP contribution in [0.4, 0.5) is 0 Å². The number of nitrogens with zero attached hydrogens (tertiary/aromatic N) is 3. The molecule has 1 N–H and O–H groups in total. The van der Waals surface area contributed by atoms with Gasteiger partial charge in [0.05, 0.1) is 18.2 Å². The van der Waals surface area contributed by atoms with Gasteiger partial charge in [-0.1, -0.05) is 13.8 Å². The first-order chi connectivity index (χ1) is 13.1. The van der Waals surface area contributed by atoms with Crippen LogP contribution in [0, 0.1) is 17.8 Å². The lowest BCUT2D eigenvalue weighted by Crippen LogP contribution is -2.43. The van der Waals surface area contributed by atoms with Crippen molar-refractivity contribution in [2.75, 3.05) is 19.6 Å². The Bertz CT molecular complexity index is 671. The average molecular weight is 375 g/mol. The highest BCUT2D eigenvalue weighted by atomic mass is 16.5. The predicted octanol–water partition coefficient (Wildman–Crippen LogP) is 2.43. The van der Waals surface area contributed by atoms with Gasteiger partial charge in [-0.2, -0.15) is 0 Å². The molecule has 6 heteroatoms. The van der Waals surface area contributed by atoms with E-state index in [9.17, 15) is 4.79 Å². The van der Waals surface area contributed by atoms with Gasteiger partial charge in [-0.15, -0.1) is 0 Å². The summed E-state index contributed by atoms with van der Waals surface area (Å²) in [6.07, 6.45) is 8.42. The molecule has 4 atom stereocenters. The molecule has 1 spiro atoms. The van der Waals surface area contributed by atoms with Crippen molar-refractivity contribution in [1.82, 2.24) is 19.8 Å². The third-order valence-electron chi connectivity index (χ3n) is 7.23. The second kappa shape index (κ2) is 7.55. The minimum absolute atomic E-state index is 0.0125. The van der Waals surface area contributed by atoms with Crippen molar-refractivity contribution in [1.29, 1.82) is 0 Å². The number of fused-ring (bicyclic) bond motifs is 1. The van der Waals surface area contributed by atoms with Crippen LogP contribution >= 0.6 is 0 Å². The lowest BCUT2D eigenvalue weighted by molar-refractivity contribution is -0.125. The molecule has 0 saturated carbocycles. The van der Waals surface area contributed by atoms with Gasteiger partial charge in [-0.3, -0.25) is 9.69 Å². The molecule has 1 amide bonds. The van der Waals surface area contributed by atoms with E-state index in [4.69, 9.17) is 4.74 Å². The molecule has 1 aromatic rings. The van der Waals surface area contributed by atoms with Crippen molar-refractivity contribution in [3.63, 3.8) is 0 Å². The maximum absolute atomic E-state index is 12.4. The Morgan fingerprint density at radius 2 is 2.22 bits per heavy atom. The molecule has 0 unspecified atom stereocenters. The smallest absolute Gasteiger partial charge is 0.223 e. The van der Waals surface area contributed by atoms with Gasteiger partial charge >= 0.3 is 0 Å². The Hall–Kier alpha value is -1.40. The normalized spacial score (nSPS) is 32.4. The van der Waals surface area contributed by atoms with Crippen LogP contribution in [0.1, 0.15) is 52.3 Å². The van der Waals surface area contributed by atoms with Crippen LogP contribution in [0.15, 0.2) is 12.4 Å². The predicted molar refractivity (Wildman–Crippen MR) is 104 cm³/mol. The first kappa shape index (κ1) is 18.9. The molecule has 4 rings (SSSR count). The summed E-state index contributed by atoms with van der Waals surface area (Å²) in [7, 11) is 0. The molecule has 6 nitrogen and oxygen atoms in total. The second-order valence-electron chi connectivity index (χ2n) is 8.59. The number of amides is 1. The van der Waals surface area contributed by atoms with Gasteiger partial charge in [0.25, 0.3) is 0 Å². The Kier molecular flexibility index (Phi) is 5.30.